The molecule has 4 nitrogen and oxygen atoms in total. The summed E-state index contributed by atoms with van der Waals surface area (Å²) in [4.78, 5) is 4.09. The van der Waals surface area contributed by atoms with Crippen LogP contribution < -0.4 is 10.1 Å². The highest BCUT2D eigenvalue weighted by molar-refractivity contribution is 5.24. The Morgan fingerprint density at radius 2 is 2.40 bits per heavy atom. The summed E-state index contributed by atoms with van der Waals surface area (Å²) in [6.07, 6.45) is 2.17. The van der Waals surface area contributed by atoms with Gasteiger partial charge in [0, 0.05) is 24.8 Å². The third-order valence-electron chi connectivity index (χ3n) is 2.21. The number of nitrogens with one attached hydrogen (secondary N) is 1. The Labute approximate surface area is 90.3 Å². The summed E-state index contributed by atoms with van der Waals surface area (Å²) in [5.74, 6) is 0.635. The maximum Gasteiger partial charge on any atom is 0.217 e. The van der Waals surface area contributed by atoms with Crippen molar-refractivity contribution in [2.75, 3.05) is 13.7 Å². The molecule has 1 rings (SSSR count). The fraction of sp³-hybridized carbons (Fsp3) is 0.545. The van der Waals surface area contributed by atoms with Crippen LogP contribution in [0.4, 0.5) is 0 Å². The molecule has 1 unspecified atom stereocenters. The maximum absolute atomic E-state index is 9.35. The van der Waals surface area contributed by atoms with Crippen molar-refractivity contribution in [1.82, 2.24) is 10.3 Å². The fourth-order valence-electron chi connectivity index (χ4n) is 1.26. The lowest BCUT2D eigenvalue weighted by Crippen LogP contribution is -2.25. The topological polar surface area (TPSA) is 54.4 Å². The lowest BCUT2D eigenvalue weighted by Gasteiger charge is -2.10. The predicted molar refractivity (Wildman–Crippen MR) is 58.8 cm³/mol. The molecule has 1 heterocycles. The van der Waals surface area contributed by atoms with Crippen LogP contribution in [0.3, 0.4) is 0 Å². The molecule has 0 amide bonds. The Kier molecular flexibility index (Phi) is 5.07. The molecule has 0 aliphatic rings. The van der Waals surface area contributed by atoms with Crippen LogP contribution in [0, 0.1) is 0 Å². The van der Waals surface area contributed by atoms with E-state index in [9.17, 15) is 5.11 Å². The lowest BCUT2D eigenvalue weighted by atomic mass is 10.2. The van der Waals surface area contributed by atoms with E-state index in [0.29, 0.717) is 19.0 Å². The average molecular weight is 210 g/mol. The summed E-state index contributed by atoms with van der Waals surface area (Å²) in [6.45, 7) is 3.21. The van der Waals surface area contributed by atoms with Gasteiger partial charge in [-0.1, -0.05) is 13.0 Å². The van der Waals surface area contributed by atoms with Gasteiger partial charge in [0.05, 0.1) is 13.2 Å². The molecule has 2 N–H and O–H groups in total. The van der Waals surface area contributed by atoms with Gasteiger partial charge in [0.25, 0.3) is 0 Å². The molecule has 0 aliphatic heterocycles. The molecular weight excluding hydrogens is 192 g/mol. The van der Waals surface area contributed by atoms with E-state index in [-0.39, 0.29) is 6.10 Å². The third-order valence-corrected chi connectivity index (χ3v) is 2.21. The van der Waals surface area contributed by atoms with Crippen LogP contribution in [0.25, 0.3) is 0 Å². The Balaban J connectivity index is 2.43. The van der Waals surface area contributed by atoms with Crippen LogP contribution in [-0.2, 0) is 6.54 Å². The van der Waals surface area contributed by atoms with E-state index >= 15 is 0 Å². The molecule has 0 aliphatic carbocycles. The number of rotatable bonds is 6. The fourth-order valence-corrected chi connectivity index (χ4v) is 1.26. The average Bonchev–Trinajstić information content (AvgIpc) is 2.29. The molecule has 1 aromatic rings. The quantitative estimate of drug-likeness (QED) is 0.734. The van der Waals surface area contributed by atoms with Gasteiger partial charge < -0.3 is 15.2 Å². The summed E-state index contributed by atoms with van der Waals surface area (Å²) in [6, 6.07) is 3.83. The normalized spacial score (nSPS) is 12.5. The molecule has 1 aromatic heterocycles. The summed E-state index contributed by atoms with van der Waals surface area (Å²) in [5.41, 5.74) is 1.00. The number of hydrogen-bond acceptors (Lipinski definition) is 4. The predicted octanol–water partition coefficient (Wildman–Crippen LogP) is 0.951. The summed E-state index contributed by atoms with van der Waals surface area (Å²) in [7, 11) is 1.60. The van der Waals surface area contributed by atoms with E-state index in [1.165, 1.54) is 0 Å². The smallest absolute Gasteiger partial charge is 0.217 e. The molecule has 15 heavy (non-hydrogen) atoms. The van der Waals surface area contributed by atoms with Gasteiger partial charge in [0.1, 0.15) is 0 Å². The molecule has 0 aromatic carbocycles. The first-order chi connectivity index (χ1) is 7.27. The van der Waals surface area contributed by atoms with E-state index in [0.717, 1.165) is 12.0 Å². The van der Waals surface area contributed by atoms with Crippen molar-refractivity contribution in [3.63, 3.8) is 0 Å². The van der Waals surface area contributed by atoms with Crippen LogP contribution in [0.15, 0.2) is 18.3 Å². The van der Waals surface area contributed by atoms with Crippen molar-refractivity contribution >= 4 is 0 Å². The van der Waals surface area contributed by atoms with Gasteiger partial charge >= 0.3 is 0 Å². The molecule has 0 fully saturated rings. The number of ether oxygens (including phenoxy) is 1. The van der Waals surface area contributed by atoms with Gasteiger partial charge in [-0.25, -0.2) is 4.98 Å². The highest BCUT2D eigenvalue weighted by Crippen LogP contribution is 2.12. The lowest BCUT2D eigenvalue weighted by molar-refractivity contribution is 0.167. The minimum atomic E-state index is -0.285. The molecular formula is C11H18N2O2. The van der Waals surface area contributed by atoms with E-state index in [1.54, 1.807) is 13.3 Å². The number of pyridine rings is 1. The first-order valence-electron chi connectivity index (χ1n) is 5.14. The first-order valence-corrected chi connectivity index (χ1v) is 5.14. The van der Waals surface area contributed by atoms with Crippen molar-refractivity contribution in [2.24, 2.45) is 0 Å². The van der Waals surface area contributed by atoms with Crippen LogP contribution in [0.2, 0.25) is 0 Å². The van der Waals surface area contributed by atoms with Crippen molar-refractivity contribution < 1.29 is 9.84 Å². The largest absolute Gasteiger partial charge is 0.481 e. The van der Waals surface area contributed by atoms with E-state index in [4.69, 9.17) is 4.74 Å². The van der Waals surface area contributed by atoms with Crippen molar-refractivity contribution in [1.29, 1.82) is 0 Å². The van der Waals surface area contributed by atoms with Gasteiger partial charge in [-0.2, -0.15) is 0 Å². The van der Waals surface area contributed by atoms with Gasteiger partial charge in [0.2, 0.25) is 5.88 Å². The SMILES string of the molecule is CCC(O)CNCc1cccnc1OC. The van der Waals surface area contributed by atoms with Gasteiger partial charge in [-0.05, 0) is 12.5 Å². The zero-order chi connectivity index (χ0) is 11.1. The summed E-state index contributed by atoms with van der Waals surface area (Å²) in [5, 5.41) is 12.5. The van der Waals surface area contributed by atoms with Gasteiger partial charge in [-0.3, -0.25) is 0 Å². The van der Waals surface area contributed by atoms with Crippen molar-refractivity contribution in [2.45, 2.75) is 26.0 Å². The Morgan fingerprint density at radius 1 is 1.60 bits per heavy atom. The Morgan fingerprint density at radius 3 is 3.07 bits per heavy atom. The van der Waals surface area contributed by atoms with Gasteiger partial charge in [-0.15, -0.1) is 0 Å². The molecule has 4 heteroatoms. The standard InChI is InChI=1S/C11H18N2O2/c1-3-10(14)8-12-7-9-5-4-6-13-11(9)15-2/h4-6,10,12,14H,3,7-8H2,1-2H3. The second kappa shape index (κ2) is 6.37. The van der Waals surface area contributed by atoms with Crippen LogP contribution in [-0.4, -0.2) is 29.8 Å². The van der Waals surface area contributed by atoms with Crippen LogP contribution in [0.1, 0.15) is 18.9 Å². The number of hydrogen-bond donors (Lipinski definition) is 2. The molecule has 0 spiro atoms. The molecule has 84 valence electrons. The highest BCUT2D eigenvalue weighted by atomic mass is 16.5. The minimum Gasteiger partial charge on any atom is -0.481 e. The Bertz CT molecular complexity index is 292. The number of aliphatic hydroxyl groups is 1. The van der Waals surface area contributed by atoms with E-state index in [1.807, 2.05) is 19.1 Å². The zero-order valence-electron chi connectivity index (χ0n) is 9.23. The number of methoxy groups -OCH3 is 1. The van der Waals surface area contributed by atoms with Crippen LogP contribution in [0.5, 0.6) is 5.88 Å². The molecule has 0 saturated heterocycles. The van der Waals surface area contributed by atoms with E-state index < -0.39 is 0 Å². The van der Waals surface area contributed by atoms with Crippen molar-refractivity contribution in [3.8, 4) is 5.88 Å². The maximum atomic E-state index is 9.35. The monoisotopic (exact) mass is 210 g/mol. The number of aromatic nitrogens is 1. The molecule has 0 radical (unpaired) electrons. The van der Waals surface area contributed by atoms with Crippen LogP contribution >= 0.6 is 0 Å². The third kappa shape index (κ3) is 3.85. The highest BCUT2D eigenvalue weighted by Gasteiger charge is 2.04. The second-order valence-electron chi connectivity index (χ2n) is 3.36. The first kappa shape index (κ1) is 11.9. The molecule has 1 atom stereocenters. The van der Waals surface area contributed by atoms with E-state index in [2.05, 4.69) is 10.3 Å². The number of nitrogens with zero attached hydrogens (tertiary/aromatic N) is 1. The number of aliphatic hydroxyl groups excluding tert-OH is 1. The minimum absolute atomic E-state index is 0.285. The summed E-state index contributed by atoms with van der Waals surface area (Å²) < 4.78 is 5.12. The van der Waals surface area contributed by atoms with Gasteiger partial charge in [0.15, 0.2) is 0 Å². The summed E-state index contributed by atoms with van der Waals surface area (Å²) >= 11 is 0. The Hall–Kier alpha value is -1.13. The molecule has 0 saturated carbocycles. The van der Waals surface area contributed by atoms with Crippen molar-refractivity contribution in [3.05, 3.63) is 23.9 Å². The molecule has 0 bridgehead atoms. The zero-order valence-corrected chi connectivity index (χ0v) is 9.23. The second-order valence-corrected chi connectivity index (χ2v) is 3.36.